The van der Waals surface area contributed by atoms with Gasteiger partial charge >= 0.3 is 7.12 Å². The zero-order valence-electron chi connectivity index (χ0n) is 20.7. The van der Waals surface area contributed by atoms with Crippen molar-refractivity contribution in [3.63, 3.8) is 0 Å². The fraction of sp³-hybridized carbons (Fsp3) is 0.143. The van der Waals surface area contributed by atoms with Crippen LogP contribution in [-0.2, 0) is 12.8 Å². The molecule has 0 aliphatic heterocycles. The number of aryl methyl sites for hydroxylation is 2. The number of nitrogens with zero attached hydrogens (tertiary/aromatic N) is 4. The molecule has 0 atom stereocenters. The van der Waals surface area contributed by atoms with Crippen LogP contribution in [-0.4, -0.2) is 27.1 Å². The second-order valence-electron chi connectivity index (χ2n) is 7.78. The Bertz CT molecular complexity index is 1420. The second kappa shape index (κ2) is 15.3. The van der Waals surface area contributed by atoms with Crippen LogP contribution in [0.15, 0.2) is 77.5 Å². The van der Waals surface area contributed by atoms with Gasteiger partial charge in [0.05, 0.1) is 0 Å². The van der Waals surface area contributed by atoms with E-state index < -0.39 is 18.8 Å². The number of hydrogen-bond acceptors (Lipinski definition) is 6. The van der Waals surface area contributed by atoms with Gasteiger partial charge in [-0.25, -0.2) is 18.7 Å². The molecule has 4 rings (SSSR count). The molecular formula is C28H24BBrF2N4O2. The van der Waals surface area contributed by atoms with Gasteiger partial charge in [-0.3, -0.25) is 0 Å². The van der Waals surface area contributed by atoms with Crippen LogP contribution in [0.2, 0.25) is 0 Å². The first kappa shape index (κ1) is 30.3. The van der Waals surface area contributed by atoms with Crippen LogP contribution in [0.1, 0.15) is 36.4 Å². The van der Waals surface area contributed by atoms with E-state index in [4.69, 9.17) is 20.6 Å². The molecule has 0 amide bonds. The molecule has 0 aliphatic rings. The molecule has 0 unspecified atom stereocenters. The van der Waals surface area contributed by atoms with Crippen LogP contribution < -0.4 is 5.46 Å². The van der Waals surface area contributed by atoms with E-state index in [1.807, 2.05) is 36.4 Å². The quantitative estimate of drug-likeness (QED) is 0.326. The van der Waals surface area contributed by atoms with Gasteiger partial charge in [0.15, 0.2) is 23.0 Å². The van der Waals surface area contributed by atoms with Crippen molar-refractivity contribution in [1.82, 2.24) is 9.97 Å². The van der Waals surface area contributed by atoms with E-state index in [0.29, 0.717) is 15.5 Å². The molecule has 2 heterocycles. The Hall–Kier alpha value is -3.96. The minimum atomic E-state index is -1.35. The number of rotatable bonds is 4. The largest absolute Gasteiger partial charge is 0.488 e. The van der Waals surface area contributed by atoms with E-state index in [0.717, 1.165) is 18.4 Å². The van der Waals surface area contributed by atoms with E-state index in [1.165, 1.54) is 35.7 Å². The maximum absolute atomic E-state index is 13.4. The normalized spacial score (nSPS) is 9.61. The molecule has 10 heteroatoms. The Kier molecular flexibility index (Phi) is 12.2. The third-order valence-corrected chi connectivity index (χ3v) is 5.68. The molecule has 2 aromatic heterocycles. The molecule has 0 saturated heterocycles. The zero-order chi connectivity index (χ0) is 28.1. The molecule has 6 nitrogen and oxygen atoms in total. The smallest absolute Gasteiger partial charge is 0.423 e. The second-order valence-corrected chi connectivity index (χ2v) is 8.70. The zero-order valence-corrected chi connectivity index (χ0v) is 22.3. The molecule has 0 bridgehead atoms. The molecule has 0 spiro atoms. The number of hydrogen-bond donors (Lipinski definition) is 2. The van der Waals surface area contributed by atoms with Gasteiger partial charge in [-0.05, 0) is 63.1 Å². The topological polar surface area (TPSA) is 114 Å². The molecule has 0 fully saturated rings. The first-order valence-electron chi connectivity index (χ1n) is 11.5. The molecule has 4 aromatic rings. The Morgan fingerprint density at radius 2 is 1.24 bits per heavy atom. The van der Waals surface area contributed by atoms with Gasteiger partial charge in [-0.15, -0.1) is 0 Å². The third kappa shape index (κ3) is 9.17. The summed E-state index contributed by atoms with van der Waals surface area (Å²) in [4.78, 5) is 7.29. The molecule has 2 N–H and O–H groups in total. The predicted molar refractivity (Wildman–Crippen MR) is 146 cm³/mol. The summed E-state index contributed by atoms with van der Waals surface area (Å²) in [6, 6.07) is 21.0. The van der Waals surface area contributed by atoms with Crippen molar-refractivity contribution in [2.45, 2.75) is 26.7 Å². The van der Waals surface area contributed by atoms with Crippen LogP contribution in [0, 0.1) is 34.3 Å². The molecule has 38 heavy (non-hydrogen) atoms. The van der Waals surface area contributed by atoms with Crippen LogP contribution in [0.25, 0.3) is 11.1 Å². The van der Waals surface area contributed by atoms with Crippen molar-refractivity contribution in [1.29, 1.82) is 10.5 Å². The first-order chi connectivity index (χ1) is 18.2. The van der Waals surface area contributed by atoms with Crippen LogP contribution in [0.3, 0.4) is 0 Å². The van der Waals surface area contributed by atoms with Gasteiger partial charge < -0.3 is 10.0 Å². The summed E-state index contributed by atoms with van der Waals surface area (Å²) in [5.74, 6) is -1.18. The highest BCUT2D eigenvalue weighted by atomic mass is 79.9. The molecule has 0 aliphatic carbocycles. The van der Waals surface area contributed by atoms with Crippen molar-refractivity contribution in [3.05, 3.63) is 112 Å². The van der Waals surface area contributed by atoms with E-state index in [1.54, 1.807) is 24.3 Å². The van der Waals surface area contributed by atoms with Gasteiger partial charge in [-0.1, -0.05) is 62.4 Å². The lowest BCUT2D eigenvalue weighted by atomic mass is 9.80. The Labute approximate surface area is 229 Å². The number of aromatic nitrogens is 2. The summed E-state index contributed by atoms with van der Waals surface area (Å²) >= 11 is 3.01. The van der Waals surface area contributed by atoms with E-state index >= 15 is 0 Å². The van der Waals surface area contributed by atoms with Gasteiger partial charge in [0.1, 0.15) is 12.1 Å². The summed E-state index contributed by atoms with van der Waals surface area (Å²) in [6.07, 6.45) is 4.84. The Morgan fingerprint density at radius 3 is 1.66 bits per heavy atom. The molecule has 192 valence electrons. The standard InChI is InChI=1S/C14H11FN2.C8H11BO2.C6H2BrFN2/c1-2-10-3-5-11(6-4-10)12-7-13(15)14(8-16)17-9-12;1-2-7-3-5-8(6-4-7)9(10)11;7-4-1-5(8)6(2-9)10-3-4/h3-7,9H,2H2,1H3;3-6,10-11H,2H2,1H3;1,3H. The lowest BCUT2D eigenvalue weighted by Gasteiger charge is -2.03. The fourth-order valence-corrected chi connectivity index (χ4v) is 3.34. The van der Waals surface area contributed by atoms with Gasteiger partial charge in [0.2, 0.25) is 0 Å². The Balaban J connectivity index is 0.000000211. The highest BCUT2D eigenvalue weighted by molar-refractivity contribution is 9.10. The first-order valence-corrected chi connectivity index (χ1v) is 12.3. The van der Waals surface area contributed by atoms with Gasteiger partial charge in [0, 0.05) is 22.4 Å². The summed E-state index contributed by atoms with van der Waals surface area (Å²) in [5, 5.41) is 34.3. The minimum absolute atomic E-state index is 0.168. The summed E-state index contributed by atoms with van der Waals surface area (Å²) in [7, 11) is -1.35. The van der Waals surface area contributed by atoms with E-state index in [9.17, 15) is 8.78 Å². The summed E-state index contributed by atoms with van der Waals surface area (Å²) < 4.78 is 26.5. The average molecular weight is 577 g/mol. The van der Waals surface area contributed by atoms with Gasteiger partial charge in [-0.2, -0.15) is 10.5 Å². The number of halogens is 3. The SMILES string of the molecule is CCc1ccc(-c2cnc(C#N)c(F)c2)cc1.CCc1ccc(B(O)O)cc1.N#Cc1ncc(Br)cc1F. The van der Waals surface area contributed by atoms with Crippen molar-refractivity contribution in [2.24, 2.45) is 0 Å². The maximum atomic E-state index is 13.4. The maximum Gasteiger partial charge on any atom is 0.488 e. The van der Waals surface area contributed by atoms with Crippen LogP contribution >= 0.6 is 15.9 Å². The lowest BCUT2D eigenvalue weighted by Crippen LogP contribution is -2.29. The van der Waals surface area contributed by atoms with Crippen molar-refractivity contribution in [2.75, 3.05) is 0 Å². The average Bonchev–Trinajstić information content (AvgIpc) is 2.94. The molecular weight excluding hydrogens is 553 g/mol. The Morgan fingerprint density at radius 1 is 0.763 bits per heavy atom. The monoisotopic (exact) mass is 576 g/mol. The van der Waals surface area contributed by atoms with Crippen molar-refractivity contribution >= 4 is 28.5 Å². The summed E-state index contributed by atoms with van der Waals surface area (Å²) in [6.45, 7) is 4.14. The predicted octanol–water partition coefficient (Wildman–Crippen LogP) is 5.11. The van der Waals surface area contributed by atoms with Gasteiger partial charge in [0.25, 0.3) is 0 Å². The lowest BCUT2D eigenvalue weighted by molar-refractivity contribution is 0.426. The highest BCUT2D eigenvalue weighted by Gasteiger charge is 2.09. The number of nitriles is 2. The van der Waals surface area contributed by atoms with E-state index in [-0.39, 0.29) is 11.4 Å². The number of benzene rings is 2. The molecule has 2 aromatic carbocycles. The summed E-state index contributed by atoms with van der Waals surface area (Å²) in [5.41, 5.74) is 4.22. The van der Waals surface area contributed by atoms with Crippen LogP contribution in [0.5, 0.6) is 0 Å². The van der Waals surface area contributed by atoms with Crippen molar-refractivity contribution < 1.29 is 18.8 Å². The third-order valence-electron chi connectivity index (χ3n) is 5.24. The van der Waals surface area contributed by atoms with Crippen LogP contribution in [0.4, 0.5) is 8.78 Å². The fourth-order valence-electron chi connectivity index (χ4n) is 3.03. The minimum Gasteiger partial charge on any atom is -0.423 e. The van der Waals surface area contributed by atoms with Crippen molar-refractivity contribution in [3.8, 4) is 23.3 Å². The van der Waals surface area contributed by atoms with E-state index in [2.05, 4.69) is 39.7 Å². The highest BCUT2D eigenvalue weighted by Crippen LogP contribution is 2.21. The molecule has 0 saturated carbocycles. The number of pyridine rings is 2. The molecule has 0 radical (unpaired) electrons.